The first-order chi connectivity index (χ1) is 14.0. The molecular weight excluding hydrogens is 372 g/mol. The normalized spacial score (nSPS) is 30.6. The highest BCUT2D eigenvalue weighted by atomic mass is 16.5. The molecule has 6 nitrogen and oxygen atoms in total. The highest BCUT2D eigenvalue weighted by Gasteiger charge is 2.43. The van der Waals surface area contributed by atoms with E-state index in [0.29, 0.717) is 31.1 Å². The van der Waals surface area contributed by atoms with Gasteiger partial charge in [-0.2, -0.15) is 0 Å². The number of para-hydroxylation sites is 1. The van der Waals surface area contributed by atoms with E-state index in [2.05, 4.69) is 0 Å². The molecule has 3 N–H and O–H groups in total. The van der Waals surface area contributed by atoms with Gasteiger partial charge >= 0.3 is 5.97 Å². The van der Waals surface area contributed by atoms with Gasteiger partial charge in [0.15, 0.2) is 0 Å². The van der Waals surface area contributed by atoms with E-state index in [1.165, 1.54) is 0 Å². The summed E-state index contributed by atoms with van der Waals surface area (Å²) in [4.78, 5) is 10.7. The average Bonchev–Trinajstić information content (AvgIpc) is 2.87. The zero-order valence-corrected chi connectivity index (χ0v) is 16.7. The first-order valence-electron chi connectivity index (χ1n) is 10.6. The maximum atomic E-state index is 10.7. The molecule has 160 valence electrons. The molecule has 0 amide bonds. The number of carboxylic acids is 1. The number of ether oxygens (including phenoxy) is 2. The Balaban J connectivity index is 1.49. The van der Waals surface area contributed by atoms with Gasteiger partial charge in [-0.1, -0.05) is 30.4 Å². The van der Waals surface area contributed by atoms with E-state index < -0.39 is 18.2 Å². The van der Waals surface area contributed by atoms with E-state index in [1.54, 1.807) is 6.08 Å². The van der Waals surface area contributed by atoms with Crippen LogP contribution >= 0.6 is 0 Å². The van der Waals surface area contributed by atoms with Crippen molar-refractivity contribution in [3.63, 3.8) is 0 Å². The van der Waals surface area contributed by atoms with Gasteiger partial charge in [-0.05, 0) is 49.7 Å². The van der Waals surface area contributed by atoms with Crippen LogP contribution in [0.3, 0.4) is 0 Å². The Morgan fingerprint density at radius 1 is 1.28 bits per heavy atom. The molecule has 29 heavy (non-hydrogen) atoms. The fourth-order valence-corrected chi connectivity index (χ4v) is 4.50. The molecule has 0 aromatic heterocycles. The van der Waals surface area contributed by atoms with Crippen molar-refractivity contribution in [3.8, 4) is 5.75 Å². The van der Waals surface area contributed by atoms with Gasteiger partial charge in [-0.15, -0.1) is 0 Å². The van der Waals surface area contributed by atoms with E-state index in [9.17, 15) is 15.0 Å². The molecule has 6 atom stereocenters. The molecule has 3 rings (SSSR count). The molecule has 1 heterocycles. The van der Waals surface area contributed by atoms with Crippen LogP contribution in [0.1, 0.15) is 38.5 Å². The van der Waals surface area contributed by atoms with Gasteiger partial charge in [0.1, 0.15) is 18.5 Å². The van der Waals surface area contributed by atoms with Crippen LogP contribution in [0, 0.1) is 17.8 Å². The summed E-state index contributed by atoms with van der Waals surface area (Å²) in [5, 5.41) is 29.5. The summed E-state index contributed by atoms with van der Waals surface area (Å²) in [6.07, 6.45) is 6.75. The molecular formula is C23H32O6. The van der Waals surface area contributed by atoms with E-state index in [0.717, 1.165) is 19.3 Å². The summed E-state index contributed by atoms with van der Waals surface area (Å²) in [6, 6.07) is 9.36. The first-order valence-corrected chi connectivity index (χ1v) is 10.6. The van der Waals surface area contributed by atoms with Crippen molar-refractivity contribution >= 4 is 5.97 Å². The molecule has 1 aromatic carbocycles. The summed E-state index contributed by atoms with van der Waals surface area (Å²) >= 11 is 0. The van der Waals surface area contributed by atoms with Crippen molar-refractivity contribution < 1.29 is 29.6 Å². The van der Waals surface area contributed by atoms with Crippen molar-refractivity contribution in [1.82, 2.24) is 0 Å². The number of carbonyl (C=O) groups is 1. The van der Waals surface area contributed by atoms with Crippen molar-refractivity contribution in [2.45, 2.75) is 56.8 Å². The Labute approximate surface area is 172 Å². The topological polar surface area (TPSA) is 96.2 Å². The number of carboxylic acid groups (broad SMARTS) is 1. The second kappa shape index (κ2) is 10.8. The van der Waals surface area contributed by atoms with Crippen LogP contribution in [-0.2, 0) is 9.53 Å². The highest BCUT2D eigenvalue weighted by Crippen LogP contribution is 2.42. The number of aliphatic carboxylic acids is 1. The molecule has 6 heteroatoms. The standard InChI is InChI=1S/C23H32O6/c24-17(15-28-18-6-2-1-3-7-18)10-12-19-20-11-9-16(5-4-8-23(26)27)14-29-22(20)13-21(19)25/h1-3,6-7,10,12,16-17,19-22,24-25H,4-5,8-9,11,13-15H2,(H,26,27)/b12-10+/t16-,17-,19-,20-,21-,22+/m1/s1. The monoisotopic (exact) mass is 404 g/mol. The van der Waals surface area contributed by atoms with Gasteiger partial charge in [0.05, 0.1) is 12.2 Å². The third-order valence-corrected chi connectivity index (χ3v) is 6.07. The molecule has 2 fully saturated rings. The quantitative estimate of drug-likeness (QED) is 0.548. The fourth-order valence-electron chi connectivity index (χ4n) is 4.50. The van der Waals surface area contributed by atoms with E-state index in [1.807, 2.05) is 36.4 Å². The number of aliphatic hydroxyl groups is 2. The number of rotatable bonds is 9. The zero-order valence-electron chi connectivity index (χ0n) is 16.7. The average molecular weight is 405 g/mol. The van der Waals surface area contributed by atoms with Crippen LogP contribution in [0.2, 0.25) is 0 Å². The summed E-state index contributed by atoms with van der Waals surface area (Å²) in [5.74, 6) is 0.537. The third kappa shape index (κ3) is 6.56. The second-order valence-electron chi connectivity index (χ2n) is 8.22. The molecule has 0 spiro atoms. The van der Waals surface area contributed by atoms with Crippen molar-refractivity contribution in [2.24, 2.45) is 17.8 Å². The van der Waals surface area contributed by atoms with Crippen LogP contribution < -0.4 is 4.74 Å². The van der Waals surface area contributed by atoms with Crippen molar-refractivity contribution in [1.29, 1.82) is 0 Å². The van der Waals surface area contributed by atoms with E-state index >= 15 is 0 Å². The number of aliphatic hydroxyl groups excluding tert-OH is 2. The number of hydrogen-bond donors (Lipinski definition) is 3. The molecule has 1 aromatic rings. The Bertz CT molecular complexity index is 661. The van der Waals surface area contributed by atoms with E-state index in [-0.39, 0.29) is 31.0 Å². The summed E-state index contributed by atoms with van der Waals surface area (Å²) in [5.41, 5.74) is 0. The SMILES string of the molecule is O=C(O)CCC[C@@H]1CC[C@@H]2[C@@H](/C=C/[C@@H](O)COc3ccccc3)[C@H](O)C[C@@H]2OC1. The molecule has 1 aliphatic heterocycles. The lowest BCUT2D eigenvalue weighted by Gasteiger charge is -2.21. The minimum Gasteiger partial charge on any atom is -0.491 e. The second-order valence-corrected chi connectivity index (χ2v) is 8.22. The predicted octanol–water partition coefficient (Wildman–Crippen LogP) is 3.03. The zero-order chi connectivity index (χ0) is 20.6. The van der Waals surface area contributed by atoms with Crippen molar-refractivity contribution in [2.75, 3.05) is 13.2 Å². The molecule has 0 bridgehead atoms. The van der Waals surface area contributed by atoms with Gasteiger partial charge in [-0.3, -0.25) is 4.79 Å². The number of fused-ring (bicyclic) bond motifs is 1. The summed E-state index contributed by atoms with van der Waals surface area (Å²) in [6.45, 7) is 0.803. The minimum atomic E-state index is -0.750. The van der Waals surface area contributed by atoms with Gasteiger partial charge in [0, 0.05) is 25.4 Å². The molecule has 2 aliphatic rings. The Morgan fingerprint density at radius 2 is 2.07 bits per heavy atom. The van der Waals surface area contributed by atoms with Crippen LogP contribution in [0.5, 0.6) is 5.75 Å². The summed E-state index contributed by atoms with van der Waals surface area (Å²) < 4.78 is 11.7. The largest absolute Gasteiger partial charge is 0.491 e. The number of benzene rings is 1. The van der Waals surface area contributed by atoms with Crippen LogP contribution in [0.4, 0.5) is 0 Å². The smallest absolute Gasteiger partial charge is 0.303 e. The molecule has 1 aliphatic carbocycles. The van der Waals surface area contributed by atoms with Crippen molar-refractivity contribution in [3.05, 3.63) is 42.5 Å². The minimum absolute atomic E-state index is 0.0295. The van der Waals surface area contributed by atoms with Gasteiger partial charge < -0.3 is 24.8 Å². The molecule has 1 saturated heterocycles. The van der Waals surface area contributed by atoms with Gasteiger partial charge in [0.2, 0.25) is 0 Å². The lowest BCUT2D eigenvalue weighted by Crippen LogP contribution is -2.22. The van der Waals surface area contributed by atoms with Crippen LogP contribution in [0.25, 0.3) is 0 Å². The molecule has 1 saturated carbocycles. The summed E-state index contributed by atoms with van der Waals surface area (Å²) in [7, 11) is 0. The lowest BCUT2D eigenvalue weighted by atomic mass is 9.86. The Morgan fingerprint density at radius 3 is 2.83 bits per heavy atom. The fraction of sp³-hybridized carbons (Fsp3) is 0.609. The van der Waals surface area contributed by atoms with E-state index in [4.69, 9.17) is 14.6 Å². The van der Waals surface area contributed by atoms with Crippen LogP contribution in [0.15, 0.2) is 42.5 Å². The maximum Gasteiger partial charge on any atom is 0.303 e. The molecule has 0 unspecified atom stereocenters. The highest BCUT2D eigenvalue weighted by molar-refractivity contribution is 5.66. The maximum absolute atomic E-state index is 10.7. The Kier molecular flexibility index (Phi) is 8.09. The van der Waals surface area contributed by atoms with Gasteiger partial charge in [0.25, 0.3) is 0 Å². The first kappa shape index (κ1) is 21.8. The predicted molar refractivity (Wildman–Crippen MR) is 109 cm³/mol. The van der Waals surface area contributed by atoms with Gasteiger partial charge in [-0.25, -0.2) is 0 Å². The Hall–Kier alpha value is -1.89. The lowest BCUT2D eigenvalue weighted by molar-refractivity contribution is -0.137. The van der Waals surface area contributed by atoms with Crippen LogP contribution in [-0.4, -0.2) is 52.8 Å². The molecule has 0 radical (unpaired) electrons. The third-order valence-electron chi connectivity index (χ3n) is 6.07. The number of hydrogen-bond acceptors (Lipinski definition) is 5.